The molecule has 2 N–H and O–H groups in total. The predicted molar refractivity (Wildman–Crippen MR) is 76.7 cm³/mol. The van der Waals surface area contributed by atoms with Gasteiger partial charge in [-0.2, -0.15) is 0 Å². The number of rotatable bonds is 14. The second-order valence-electron chi connectivity index (χ2n) is 5.37. The molecule has 0 aliphatic rings. The molecule has 0 aromatic carbocycles. The van der Waals surface area contributed by atoms with Crippen LogP contribution >= 0.6 is 0 Å². The first-order chi connectivity index (χ1) is 9.12. The zero-order chi connectivity index (χ0) is 14.4. The molecule has 0 saturated carbocycles. The number of alkyl halides is 2. The molecule has 0 heterocycles. The van der Waals surface area contributed by atoms with E-state index in [0.717, 1.165) is 12.8 Å². The molecule has 4 heteroatoms. The summed E-state index contributed by atoms with van der Waals surface area (Å²) in [5.74, 6) is -2.97. The number of hydrogen-bond donors (Lipinski definition) is 2. The smallest absolute Gasteiger partial charge is 0.282 e. The van der Waals surface area contributed by atoms with Gasteiger partial charge in [-0.15, -0.1) is 0 Å². The van der Waals surface area contributed by atoms with Gasteiger partial charge in [0.2, 0.25) is 0 Å². The lowest BCUT2D eigenvalue weighted by Gasteiger charge is -2.13. The minimum atomic E-state index is -2.97. The summed E-state index contributed by atoms with van der Waals surface area (Å²) in [7, 11) is 0. The van der Waals surface area contributed by atoms with Gasteiger partial charge in [0.1, 0.15) is 6.61 Å². The minimum absolute atomic E-state index is 0.416. The first kappa shape index (κ1) is 18.8. The molecule has 2 nitrogen and oxygen atoms in total. The highest BCUT2D eigenvalue weighted by molar-refractivity contribution is 4.67. The number of aliphatic hydroxyl groups is 1. The largest absolute Gasteiger partial charge is 0.390 e. The maximum Gasteiger partial charge on any atom is 0.282 e. The summed E-state index contributed by atoms with van der Waals surface area (Å²) in [5.41, 5.74) is 0. The summed E-state index contributed by atoms with van der Waals surface area (Å²) in [5, 5.41) is 11.1. The van der Waals surface area contributed by atoms with E-state index in [0.29, 0.717) is 6.54 Å². The van der Waals surface area contributed by atoms with Crippen LogP contribution in [0.3, 0.4) is 0 Å². The summed E-state index contributed by atoms with van der Waals surface area (Å²) in [6.45, 7) is 1.36. The molecule has 0 spiro atoms. The molecule has 0 aromatic rings. The van der Waals surface area contributed by atoms with Gasteiger partial charge in [0, 0.05) is 0 Å². The molecule has 19 heavy (non-hydrogen) atoms. The van der Waals surface area contributed by atoms with E-state index < -0.39 is 19.1 Å². The monoisotopic (exact) mass is 279 g/mol. The standard InChI is InChI=1S/C15H31F2NO/c1-2-3-4-5-6-7-8-9-10-11-12-18-13-15(16,17)14-19/h18-19H,2-14H2,1H3. The molecular weight excluding hydrogens is 248 g/mol. The van der Waals surface area contributed by atoms with Crippen LogP contribution in [0.5, 0.6) is 0 Å². The van der Waals surface area contributed by atoms with E-state index in [1.54, 1.807) is 0 Å². The summed E-state index contributed by atoms with van der Waals surface area (Å²) >= 11 is 0. The van der Waals surface area contributed by atoms with E-state index in [1.165, 1.54) is 51.4 Å². The van der Waals surface area contributed by atoms with Crippen LogP contribution < -0.4 is 5.32 Å². The van der Waals surface area contributed by atoms with Crippen molar-refractivity contribution in [1.82, 2.24) is 5.32 Å². The Labute approximate surface area is 117 Å². The molecular formula is C15H31F2NO. The molecule has 0 atom stereocenters. The highest BCUT2D eigenvalue weighted by Crippen LogP contribution is 2.11. The molecule has 0 aliphatic carbocycles. The lowest BCUT2D eigenvalue weighted by molar-refractivity contribution is -0.0474. The minimum Gasteiger partial charge on any atom is -0.390 e. The molecule has 116 valence electrons. The van der Waals surface area contributed by atoms with Crippen molar-refractivity contribution >= 4 is 0 Å². The van der Waals surface area contributed by atoms with Crippen LogP contribution in [0.2, 0.25) is 0 Å². The number of unbranched alkanes of at least 4 members (excludes halogenated alkanes) is 9. The number of aliphatic hydroxyl groups excluding tert-OH is 1. The molecule has 0 fully saturated rings. The van der Waals surface area contributed by atoms with Crippen LogP contribution in [0.25, 0.3) is 0 Å². The van der Waals surface area contributed by atoms with Crippen molar-refractivity contribution in [3.8, 4) is 0 Å². The van der Waals surface area contributed by atoms with Crippen molar-refractivity contribution in [2.45, 2.75) is 77.1 Å². The molecule has 0 unspecified atom stereocenters. The first-order valence-electron chi connectivity index (χ1n) is 7.82. The lowest BCUT2D eigenvalue weighted by atomic mass is 10.1. The molecule has 0 amide bonds. The Hall–Kier alpha value is -0.220. The van der Waals surface area contributed by atoms with Gasteiger partial charge in [-0.3, -0.25) is 0 Å². The summed E-state index contributed by atoms with van der Waals surface area (Å²) in [6.07, 6.45) is 12.5. The highest BCUT2D eigenvalue weighted by atomic mass is 19.3. The summed E-state index contributed by atoms with van der Waals surface area (Å²) in [6, 6.07) is 0. The van der Waals surface area contributed by atoms with Crippen molar-refractivity contribution in [3.05, 3.63) is 0 Å². The molecule has 0 aromatic heterocycles. The van der Waals surface area contributed by atoms with Gasteiger partial charge < -0.3 is 10.4 Å². The van der Waals surface area contributed by atoms with Crippen LogP contribution in [0, 0.1) is 0 Å². The molecule has 0 saturated heterocycles. The van der Waals surface area contributed by atoms with Crippen LogP contribution in [-0.2, 0) is 0 Å². The summed E-state index contributed by atoms with van der Waals surface area (Å²) < 4.78 is 25.3. The second kappa shape index (κ2) is 12.8. The van der Waals surface area contributed by atoms with Crippen LogP contribution in [0.15, 0.2) is 0 Å². The van der Waals surface area contributed by atoms with Crippen LogP contribution in [-0.4, -0.2) is 30.7 Å². The quantitative estimate of drug-likeness (QED) is 0.469. The Morgan fingerprint density at radius 2 is 1.32 bits per heavy atom. The van der Waals surface area contributed by atoms with E-state index in [9.17, 15) is 8.78 Å². The topological polar surface area (TPSA) is 32.3 Å². The van der Waals surface area contributed by atoms with Gasteiger partial charge in [0.05, 0.1) is 6.54 Å². The third-order valence-electron chi connectivity index (χ3n) is 3.32. The Bertz CT molecular complexity index is 189. The molecule has 0 aliphatic heterocycles. The number of nitrogens with one attached hydrogen (secondary N) is 1. The highest BCUT2D eigenvalue weighted by Gasteiger charge is 2.26. The zero-order valence-electron chi connectivity index (χ0n) is 12.4. The first-order valence-corrected chi connectivity index (χ1v) is 7.82. The van der Waals surface area contributed by atoms with E-state index in [4.69, 9.17) is 5.11 Å². The fraction of sp³-hybridized carbons (Fsp3) is 1.00. The van der Waals surface area contributed by atoms with Gasteiger partial charge in [-0.05, 0) is 13.0 Å². The zero-order valence-corrected chi connectivity index (χ0v) is 12.4. The van der Waals surface area contributed by atoms with Crippen molar-refractivity contribution in [3.63, 3.8) is 0 Å². The third-order valence-corrected chi connectivity index (χ3v) is 3.32. The number of hydrogen-bond acceptors (Lipinski definition) is 2. The molecule has 0 bridgehead atoms. The average Bonchev–Trinajstić information content (AvgIpc) is 2.40. The van der Waals surface area contributed by atoms with Gasteiger partial charge in [-0.25, -0.2) is 8.78 Å². The SMILES string of the molecule is CCCCCCCCCCCCNCC(F)(F)CO. The Balaban J connectivity index is 3.07. The van der Waals surface area contributed by atoms with Crippen molar-refractivity contribution in [2.24, 2.45) is 0 Å². The van der Waals surface area contributed by atoms with E-state index >= 15 is 0 Å². The van der Waals surface area contributed by atoms with E-state index in [2.05, 4.69) is 12.2 Å². The fourth-order valence-corrected chi connectivity index (χ4v) is 2.06. The van der Waals surface area contributed by atoms with Crippen molar-refractivity contribution in [2.75, 3.05) is 19.7 Å². The average molecular weight is 279 g/mol. The molecule has 0 rings (SSSR count). The Morgan fingerprint density at radius 1 is 0.842 bits per heavy atom. The third kappa shape index (κ3) is 14.0. The number of halogens is 2. The van der Waals surface area contributed by atoms with Crippen molar-refractivity contribution < 1.29 is 13.9 Å². The normalized spacial score (nSPS) is 12.0. The van der Waals surface area contributed by atoms with Gasteiger partial charge in [0.25, 0.3) is 5.92 Å². The second-order valence-corrected chi connectivity index (χ2v) is 5.37. The maximum atomic E-state index is 12.6. The lowest BCUT2D eigenvalue weighted by Crippen LogP contribution is -2.36. The Kier molecular flexibility index (Phi) is 12.6. The van der Waals surface area contributed by atoms with E-state index in [1.807, 2.05) is 0 Å². The predicted octanol–water partition coefficient (Wildman–Crippen LogP) is 4.12. The molecule has 0 radical (unpaired) electrons. The van der Waals surface area contributed by atoms with E-state index in [-0.39, 0.29) is 0 Å². The summed E-state index contributed by atoms with van der Waals surface area (Å²) in [4.78, 5) is 0. The van der Waals surface area contributed by atoms with Gasteiger partial charge >= 0.3 is 0 Å². The maximum absolute atomic E-state index is 12.6. The van der Waals surface area contributed by atoms with Crippen LogP contribution in [0.4, 0.5) is 8.78 Å². The van der Waals surface area contributed by atoms with Gasteiger partial charge in [0.15, 0.2) is 0 Å². The van der Waals surface area contributed by atoms with Crippen LogP contribution in [0.1, 0.15) is 71.1 Å². The Morgan fingerprint density at radius 3 is 1.79 bits per heavy atom. The van der Waals surface area contributed by atoms with Crippen molar-refractivity contribution in [1.29, 1.82) is 0 Å². The van der Waals surface area contributed by atoms with Gasteiger partial charge in [-0.1, -0.05) is 64.7 Å². The fourth-order valence-electron chi connectivity index (χ4n) is 2.06.